The molecule has 8 rings (SSSR count). The van der Waals surface area contributed by atoms with Crippen molar-refractivity contribution in [1.82, 2.24) is 0 Å². The van der Waals surface area contributed by atoms with E-state index in [9.17, 15) is 10.2 Å². The Labute approximate surface area is 328 Å². The summed E-state index contributed by atoms with van der Waals surface area (Å²) >= 11 is 0. The second-order valence-electron chi connectivity index (χ2n) is 13.3. The van der Waals surface area contributed by atoms with Gasteiger partial charge in [0.15, 0.2) is 0 Å². The number of benzene rings is 8. The van der Waals surface area contributed by atoms with Crippen molar-refractivity contribution in [2.24, 2.45) is 0 Å². The van der Waals surface area contributed by atoms with Crippen molar-refractivity contribution in [3.05, 3.63) is 241 Å². The lowest BCUT2D eigenvalue weighted by atomic mass is 9.94. The first kappa shape index (κ1) is 35.5. The maximum atomic E-state index is 11.5. The molecular formula is C52H40N2O2. The number of hydrogen-bond donors (Lipinski definition) is 2. The van der Waals surface area contributed by atoms with Crippen LogP contribution in [0.2, 0.25) is 0 Å². The van der Waals surface area contributed by atoms with Gasteiger partial charge in [-0.3, -0.25) is 0 Å². The lowest BCUT2D eigenvalue weighted by Gasteiger charge is -2.25. The molecule has 8 aromatic carbocycles. The van der Waals surface area contributed by atoms with Crippen LogP contribution >= 0.6 is 0 Å². The van der Waals surface area contributed by atoms with Crippen LogP contribution < -0.4 is 9.80 Å². The molecule has 2 N–H and O–H groups in total. The minimum Gasteiger partial charge on any atom is -0.507 e. The fourth-order valence-corrected chi connectivity index (χ4v) is 6.96. The van der Waals surface area contributed by atoms with Gasteiger partial charge >= 0.3 is 0 Å². The van der Waals surface area contributed by atoms with Crippen molar-refractivity contribution >= 4 is 57.8 Å². The minimum absolute atomic E-state index is 0.158. The number of hydrogen-bond acceptors (Lipinski definition) is 4. The Morgan fingerprint density at radius 1 is 0.286 bits per heavy atom. The molecule has 0 aliphatic rings. The van der Waals surface area contributed by atoms with E-state index < -0.39 is 0 Å². The van der Waals surface area contributed by atoms with Gasteiger partial charge in [-0.15, -0.1) is 0 Å². The van der Waals surface area contributed by atoms with Gasteiger partial charge in [0.2, 0.25) is 0 Å². The van der Waals surface area contributed by atoms with Crippen LogP contribution in [-0.2, 0) is 0 Å². The predicted octanol–water partition coefficient (Wildman–Crippen LogP) is 14.4. The van der Waals surface area contributed by atoms with E-state index in [1.807, 2.05) is 170 Å². The van der Waals surface area contributed by atoms with Gasteiger partial charge in [-0.2, -0.15) is 0 Å². The number of nitrogens with zero attached hydrogens (tertiary/aromatic N) is 2. The van der Waals surface area contributed by atoms with Gasteiger partial charge in [-0.05, 0) is 131 Å². The van der Waals surface area contributed by atoms with Crippen molar-refractivity contribution in [3.63, 3.8) is 0 Å². The highest BCUT2D eigenvalue weighted by Crippen LogP contribution is 2.37. The summed E-state index contributed by atoms with van der Waals surface area (Å²) in [6, 6.07) is 72.9. The molecule has 0 unspecified atom stereocenters. The Morgan fingerprint density at radius 3 is 0.839 bits per heavy atom. The first-order chi connectivity index (χ1) is 27.6. The molecular weight excluding hydrogens is 685 g/mol. The van der Waals surface area contributed by atoms with E-state index in [0.29, 0.717) is 11.1 Å². The molecule has 56 heavy (non-hydrogen) atoms. The Hall–Kier alpha value is -7.56. The zero-order valence-corrected chi connectivity index (χ0v) is 30.7. The lowest BCUT2D eigenvalue weighted by Crippen LogP contribution is -2.09. The third-order valence-electron chi connectivity index (χ3n) is 9.70. The van der Waals surface area contributed by atoms with Crippen molar-refractivity contribution in [1.29, 1.82) is 0 Å². The molecule has 0 bridgehead atoms. The molecule has 8 aromatic rings. The summed E-state index contributed by atoms with van der Waals surface area (Å²) in [5.74, 6) is 0.317. The molecule has 4 nitrogen and oxygen atoms in total. The lowest BCUT2D eigenvalue weighted by molar-refractivity contribution is 0.515. The summed E-state index contributed by atoms with van der Waals surface area (Å²) in [5, 5.41) is 22.9. The Balaban J connectivity index is 1.07. The summed E-state index contributed by atoms with van der Waals surface area (Å²) < 4.78 is 0. The van der Waals surface area contributed by atoms with Crippen LogP contribution in [0.4, 0.5) is 34.1 Å². The fraction of sp³-hybridized carbons (Fsp3) is 0. The average molecular weight is 725 g/mol. The van der Waals surface area contributed by atoms with Gasteiger partial charge in [0, 0.05) is 45.3 Å². The fourth-order valence-electron chi connectivity index (χ4n) is 6.96. The molecule has 0 atom stereocenters. The number of rotatable bonds is 11. The second kappa shape index (κ2) is 16.6. The summed E-state index contributed by atoms with van der Waals surface area (Å²) in [7, 11) is 0. The zero-order valence-electron chi connectivity index (χ0n) is 30.7. The van der Waals surface area contributed by atoms with Crippen LogP contribution in [0, 0.1) is 0 Å². The molecule has 0 fully saturated rings. The number of aliphatic hydroxyl groups is 2. The van der Waals surface area contributed by atoms with Crippen LogP contribution in [0.5, 0.6) is 0 Å². The molecule has 0 aliphatic heterocycles. The van der Waals surface area contributed by atoms with E-state index in [1.165, 1.54) is 0 Å². The highest BCUT2D eigenvalue weighted by molar-refractivity contribution is 5.90. The molecule has 270 valence electrons. The van der Waals surface area contributed by atoms with Gasteiger partial charge in [0.1, 0.15) is 11.5 Å². The molecule has 0 radical (unpaired) electrons. The quantitative estimate of drug-likeness (QED) is 0.103. The highest BCUT2D eigenvalue weighted by atomic mass is 16.3. The minimum atomic E-state index is 0.158. The van der Waals surface area contributed by atoms with Crippen LogP contribution in [0.15, 0.2) is 218 Å². The van der Waals surface area contributed by atoms with Crippen LogP contribution in [0.25, 0.3) is 34.8 Å². The van der Waals surface area contributed by atoms with Crippen molar-refractivity contribution in [3.8, 4) is 11.1 Å². The van der Waals surface area contributed by atoms with Gasteiger partial charge in [0.05, 0.1) is 0 Å². The first-order valence-corrected chi connectivity index (χ1v) is 18.6. The maximum Gasteiger partial charge on any atom is 0.123 e. The van der Waals surface area contributed by atoms with Crippen molar-refractivity contribution in [2.45, 2.75) is 0 Å². The number of aliphatic hydroxyl groups excluding tert-OH is 2. The molecule has 0 heterocycles. The molecule has 0 spiro atoms. The van der Waals surface area contributed by atoms with E-state index in [-0.39, 0.29) is 11.5 Å². The SMILES string of the molecule is O/C(=C/c1ccccc1-c1ccccc1/C=C(/O)c1ccc(N(c2ccccc2)c2ccccc2)cc1)c1ccc(N(c2ccccc2)c2ccccc2)cc1. The highest BCUT2D eigenvalue weighted by Gasteiger charge is 2.15. The van der Waals surface area contributed by atoms with Crippen molar-refractivity contribution in [2.75, 3.05) is 9.80 Å². The summed E-state index contributed by atoms with van der Waals surface area (Å²) in [6.07, 6.45) is 3.61. The summed E-state index contributed by atoms with van der Waals surface area (Å²) in [4.78, 5) is 4.39. The van der Waals surface area contributed by atoms with Crippen LogP contribution in [0.3, 0.4) is 0 Å². The molecule has 4 heteroatoms. The van der Waals surface area contributed by atoms with Gasteiger partial charge < -0.3 is 20.0 Å². The molecule has 0 amide bonds. The molecule has 0 saturated heterocycles. The number of anilines is 6. The number of para-hydroxylation sites is 4. The van der Waals surface area contributed by atoms with Crippen LogP contribution in [-0.4, -0.2) is 10.2 Å². The maximum absolute atomic E-state index is 11.5. The van der Waals surface area contributed by atoms with E-state index in [0.717, 1.165) is 56.4 Å². The Kier molecular flexibility index (Phi) is 10.5. The van der Waals surface area contributed by atoms with E-state index >= 15 is 0 Å². The molecule has 0 saturated carbocycles. The smallest absolute Gasteiger partial charge is 0.123 e. The summed E-state index contributed by atoms with van der Waals surface area (Å²) in [6.45, 7) is 0. The topological polar surface area (TPSA) is 46.9 Å². The summed E-state index contributed by atoms with van der Waals surface area (Å²) in [5.41, 5.74) is 11.2. The van der Waals surface area contributed by atoms with Gasteiger partial charge in [-0.25, -0.2) is 0 Å². The van der Waals surface area contributed by atoms with E-state index in [4.69, 9.17) is 0 Å². The Morgan fingerprint density at radius 2 is 0.536 bits per heavy atom. The zero-order chi connectivity index (χ0) is 38.1. The van der Waals surface area contributed by atoms with Crippen molar-refractivity contribution < 1.29 is 10.2 Å². The van der Waals surface area contributed by atoms with Crippen LogP contribution in [0.1, 0.15) is 22.3 Å². The Bertz CT molecular complexity index is 2310. The third-order valence-corrected chi connectivity index (χ3v) is 9.70. The average Bonchev–Trinajstić information content (AvgIpc) is 3.26. The predicted molar refractivity (Wildman–Crippen MR) is 235 cm³/mol. The molecule has 0 aliphatic carbocycles. The normalized spacial score (nSPS) is 11.6. The standard InChI is InChI=1S/C52H40N2O2/c55-51(39-29-33-47(34-30-39)53(43-19-5-1-6-20-43)44-21-7-2-8-22-44)37-41-17-13-15-27-49(41)50-28-16-14-18-42(50)38-52(56)40-31-35-48(36-32-40)54(45-23-9-3-10-24-45)46-25-11-4-12-26-46/h1-38,55-56H/b51-37+,52-38+. The first-order valence-electron chi connectivity index (χ1n) is 18.6. The third kappa shape index (κ3) is 7.86. The van der Waals surface area contributed by atoms with Gasteiger partial charge in [-0.1, -0.05) is 121 Å². The van der Waals surface area contributed by atoms with Gasteiger partial charge in [0.25, 0.3) is 0 Å². The largest absolute Gasteiger partial charge is 0.507 e. The van der Waals surface area contributed by atoms with E-state index in [2.05, 4.69) is 58.3 Å². The van der Waals surface area contributed by atoms with E-state index in [1.54, 1.807) is 12.2 Å². The molecule has 0 aromatic heterocycles. The second-order valence-corrected chi connectivity index (χ2v) is 13.3. The monoisotopic (exact) mass is 724 g/mol.